The number of hydrogen-bond donors (Lipinski definition) is 1. The average Bonchev–Trinajstić information content (AvgIpc) is 3.07. The Bertz CT molecular complexity index is 486. The highest BCUT2D eigenvalue weighted by Gasteiger charge is 2.19. The number of rotatable bonds is 6. The van der Waals surface area contributed by atoms with Crippen LogP contribution in [0.5, 0.6) is 0 Å². The Morgan fingerprint density at radius 3 is 2.89 bits per heavy atom. The quantitative estimate of drug-likeness (QED) is 0.788. The Morgan fingerprint density at radius 2 is 2.11 bits per heavy atom. The van der Waals surface area contributed by atoms with E-state index in [0.29, 0.717) is 0 Å². The number of nitrogens with zero attached hydrogens (tertiary/aromatic N) is 2. The van der Waals surface area contributed by atoms with Crippen LogP contribution < -0.4 is 5.32 Å². The summed E-state index contributed by atoms with van der Waals surface area (Å²) in [5, 5.41) is 7.84. The monoisotopic (exact) mass is 241 g/mol. The first-order valence-electron chi connectivity index (χ1n) is 6.72. The van der Waals surface area contributed by atoms with Crippen molar-refractivity contribution in [1.82, 2.24) is 15.1 Å². The molecule has 0 radical (unpaired) electrons. The highest BCUT2D eigenvalue weighted by molar-refractivity contribution is 5.40. The van der Waals surface area contributed by atoms with Gasteiger partial charge in [-0.1, -0.05) is 31.0 Å². The lowest BCUT2D eigenvalue weighted by Gasteiger charge is -2.10. The summed E-state index contributed by atoms with van der Waals surface area (Å²) in [6, 6.07) is 10.4. The van der Waals surface area contributed by atoms with Crippen LogP contribution in [-0.2, 0) is 6.54 Å². The standard InChI is InChI=1S/C15H19N3/c1-2-5-15(18-11-3-9-17-18)14(4-1)12-16-10-8-13-6-7-13/h1-5,9,11,13,16H,6-8,10,12H2. The lowest BCUT2D eigenvalue weighted by molar-refractivity contribution is 0.611. The van der Waals surface area contributed by atoms with E-state index in [-0.39, 0.29) is 0 Å². The Balaban J connectivity index is 1.63. The third kappa shape index (κ3) is 2.79. The summed E-state index contributed by atoms with van der Waals surface area (Å²) in [6.45, 7) is 2.04. The van der Waals surface area contributed by atoms with Gasteiger partial charge in [0.1, 0.15) is 0 Å². The van der Waals surface area contributed by atoms with E-state index < -0.39 is 0 Å². The second-order valence-electron chi connectivity index (χ2n) is 4.99. The summed E-state index contributed by atoms with van der Waals surface area (Å²) < 4.78 is 1.93. The summed E-state index contributed by atoms with van der Waals surface area (Å²) in [5.41, 5.74) is 2.47. The van der Waals surface area contributed by atoms with Crippen molar-refractivity contribution in [3.05, 3.63) is 48.3 Å². The summed E-state index contributed by atoms with van der Waals surface area (Å²) in [5.74, 6) is 0.999. The molecule has 0 spiro atoms. The average molecular weight is 241 g/mol. The van der Waals surface area contributed by atoms with Gasteiger partial charge < -0.3 is 5.32 Å². The molecule has 0 amide bonds. The zero-order valence-corrected chi connectivity index (χ0v) is 10.5. The number of para-hydroxylation sites is 1. The topological polar surface area (TPSA) is 29.9 Å². The van der Waals surface area contributed by atoms with E-state index in [1.807, 2.05) is 23.1 Å². The normalized spacial score (nSPS) is 14.9. The number of aromatic nitrogens is 2. The molecule has 3 nitrogen and oxygen atoms in total. The minimum Gasteiger partial charge on any atom is -0.313 e. The van der Waals surface area contributed by atoms with Crippen LogP contribution in [-0.4, -0.2) is 16.3 Å². The van der Waals surface area contributed by atoms with Crippen LogP contribution in [0.2, 0.25) is 0 Å². The first-order chi connectivity index (χ1) is 8.93. The third-order valence-electron chi connectivity index (χ3n) is 3.48. The molecule has 1 fully saturated rings. The van der Waals surface area contributed by atoms with Crippen LogP contribution in [0.15, 0.2) is 42.7 Å². The third-order valence-corrected chi connectivity index (χ3v) is 3.48. The van der Waals surface area contributed by atoms with Crippen molar-refractivity contribution in [3.8, 4) is 5.69 Å². The smallest absolute Gasteiger partial charge is 0.0690 e. The molecule has 1 heterocycles. The Kier molecular flexibility index (Phi) is 3.42. The Hall–Kier alpha value is -1.61. The zero-order chi connectivity index (χ0) is 12.2. The fourth-order valence-corrected chi connectivity index (χ4v) is 2.23. The van der Waals surface area contributed by atoms with Gasteiger partial charge in [-0.2, -0.15) is 5.10 Å². The van der Waals surface area contributed by atoms with Gasteiger partial charge >= 0.3 is 0 Å². The fourth-order valence-electron chi connectivity index (χ4n) is 2.23. The highest BCUT2D eigenvalue weighted by Crippen LogP contribution is 2.31. The van der Waals surface area contributed by atoms with Gasteiger partial charge in [0.05, 0.1) is 5.69 Å². The summed E-state index contributed by atoms with van der Waals surface area (Å²) in [6.07, 6.45) is 8.00. The number of benzene rings is 1. The van der Waals surface area contributed by atoms with E-state index >= 15 is 0 Å². The van der Waals surface area contributed by atoms with Gasteiger partial charge in [-0.15, -0.1) is 0 Å². The van der Waals surface area contributed by atoms with Crippen molar-refractivity contribution < 1.29 is 0 Å². The van der Waals surface area contributed by atoms with Crippen molar-refractivity contribution in [3.63, 3.8) is 0 Å². The molecule has 3 rings (SSSR count). The fraction of sp³-hybridized carbons (Fsp3) is 0.400. The van der Waals surface area contributed by atoms with Gasteiger partial charge in [-0.3, -0.25) is 0 Å². The first-order valence-corrected chi connectivity index (χ1v) is 6.72. The maximum Gasteiger partial charge on any atom is 0.0690 e. The maximum absolute atomic E-state index is 4.30. The van der Waals surface area contributed by atoms with Crippen LogP contribution in [0.25, 0.3) is 5.69 Å². The molecule has 1 aromatic carbocycles. The predicted molar refractivity (Wildman–Crippen MR) is 72.6 cm³/mol. The Morgan fingerprint density at radius 1 is 1.22 bits per heavy atom. The van der Waals surface area contributed by atoms with Crippen molar-refractivity contribution in [2.45, 2.75) is 25.8 Å². The molecule has 1 aromatic heterocycles. The molecule has 0 atom stereocenters. The largest absolute Gasteiger partial charge is 0.313 e. The molecule has 1 aliphatic rings. The van der Waals surface area contributed by atoms with Crippen molar-refractivity contribution in [2.24, 2.45) is 5.92 Å². The van der Waals surface area contributed by atoms with Gasteiger partial charge in [0, 0.05) is 18.9 Å². The van der Waals surface area contributed by atoms with Gasteiger partial charge in [-0.05, 0) is 36.6 Å². The molecule has 1 aliphatic carbocycles. The molecular formula is C15H19N3. The molecule has 0 unspecified atom stereocenters. The number of nitrogens with one attached hydrogen (secondary N) is 1. The predicted octanol–water partition coefficient (Wildman–Crippen LogP) is 2.76. The first kappa shape index (κ1) is 11.5. The second-order valence-corrected chi connectivity index (χ2v) is 4.99. The molecule has 94 valence electrons. The minimum atomic E-state index is 0.919. The van der Waals surface area contributed by atoms with Crippen molar-refractivity contribution in [1.29, 1.82) is 0 Å². The Labute approximate surface area is 108 Å². The highest BCUT2D eigenvalue weighted by atomic mass is 15.3. The second kappa shape index (κ2) is 5.36. The summed E-state index contributed by atoms with van der Waals surface area (Å²) in [7, 11) is 0. The van der Waals surface area contributed by atoms with E-state index in [9.17, 15) is 0 Å². The van der Waals surface area contributed by atoms with Crippen molar-refractivity contribution in [2.75, 3.05) is 6.54 Å². The lowest BCUT2D eigenvalue weighted by atomic mass is 10.1. The van der Waals surface area contributed by atoms with Crippen LogP contribution in [0, 0.1) is 5.92 Å². The molecular weight excluding hydrogens is 222 g/mol. The lowest BCUT2D eigenvalue weighted by Crippen LogP contribution is -2.16. The molecule has 3 heteroatoms. The maximum atomic E-state index is 4.30. The van der Waals surface area contributed by atoms with Crippen LogP contribution >= 0.6 is 0 Å². The van der Waals surface area contributed by atoms with E-state index in [0.717, 1.165) is 19.0 Å². The number of hydrogen-bond acceptors (Lipinski definition) is 2. The summed E-state index contributed by atoms with van der Waals surface area (Å²) >= 11 is 0. The molecule has 0 bridgehead atoms. The van der Waals surface area contributed by atoms with Gasteiger partial charge in [0.15, 0.2) is 0 Å². The van der Waals surface area contributed by atoms with Crippen LogP contribution in [0.4, 0.5) is 0 Å². The molecule has 18 heavy (non-hydrogen) atoms. The molecule has 0 saturated heterocycles. The van der Waals surface area contributed by atoms with Crippen molar-refractivity contribution >= 4 is 0 Å². The van der Waals surface area contributed by atoms with E-state index in [2.05, 4.69) is 34.7 Å². The zero-order valence-electron chi connectivity index (χ0n) is 10.5. The van der Waals surface area contributed by atoms with E-state index in [1.165, 1.54) is 30.5 Å². The van der Waals surface area contributed by atoms with E-state index in [4.69, 9.17) is 0 Å². The van der Waals surface area contributed by atoms with Crippen LogP contribution in [0.3, 0.4) is 0 Å². The van der Waals surface area contributed by atoms with Crippen LogP contribution in [0.1, 0.15) is 24.8 Å². The molecule has 2 aromatic rings. The van der Waals surface area contributed by atoms with Gasteiger partial charge in [0.25, 0.3) is 0 Å². The molecule has 1 N–H and O–H groups in total. The summed E-state index contributed by atoms with van der Waals surface area (Å²) in [4.78, 5) is 0. The van der Waals surface area contributed by atoms with Gasteiger partial charge in [-0.25, -0.2) is 4.68 Å². The molecule has 0 aliphatic heterocycles. The van der Waals surface area contributed by atoms with Gasteiger partial charge in [0.2, 0.25) is 0 Å². The minimum absolute atomic E-state index is 0.919. The SMILES string of the molecule is c1ccc(-n2cccn2)c(CNCCC2CC2)c1. The molecule has 1 saturated carbocycles. The van der Waals surface area contributed by atoms with E-state index in [1.54, 1.807) is 0 Å².